The Labute approximate surface area is 180 Å². The summed E-state index contributed by atoms with van der Waals surface area (Å²) < 4.78 is 5.30. The molecule has 1 saturated carbocycles. The first-order valence-corrected chi connectivity index (χ1v) is 10.6. The van der Waals surface area contributed by atoms with E-state index in [1.54, 1.807) is 13.2 Å². The van der Waals surface area contributed by atoms with Gasteiger partial charge in [-0.25, -0.2) is 0 Å². The van der Waals surface area contributed by atoms with Gasteiger partial charge in [-0.2, -0.15) is 0 Å². The predicted octanol–water partition coefficient (Wildman–Crippen LogP) is 5.02. The van der Waals surface area contributed by atoms with Crippen molar-refractivity contribution in [2.24, 2.45) is 5.92 Å². The molecule has 1 N–H and O–H groups in total. The van der Waals surface area contributed by atoms with Gasteiger partial charge in [0.05, 0.1) is 0 Å². The van der Waals surface area contributed by atoms with Crippen molar-refractivity contribution >= 4 is 34.9 Å². The molecular weight excluding hydrogens is 409 g/mol. The van der Waals surface area contributed by atoms with Crippen LogP contribution >= 0.6 is 23.2 Å². The van der Waals surface area contributed by atoms with E-state index in [0.717, 1.165) is 24.0 Å². The Morgan fingerprint density at radius 2 is 1.83 bits per heavy atom. The number of hydrogen-bond acceptors (Lipinski definition) is 3. The second-order valence-corrected chi connectivity index (χ2v) is 8.87. The van der Waals surface area contributed by atoms with Gasteiger partial charge in [0.2, 0.25) is 5.91 Å². The van der Waals surface area contributed by atoms with Crippen LogP contribution < -0.4 is 5.32 Å². The Hall–Kier alpha value is -1.88. The van der Waals surface area contributed by atoms with Crippen LogP contribution in [0.3, 0.4) is 0 Å². The molecule has 0 aromatic heterocycles. The van der Waals surface area contributed by atoms with Crippen LogP contribution in [0.2, 0.25) is 10.0 Å². The smallest absolute Gasteiger partial charge is 0.236 e. The van der Waals surface area contributed by atoms with Gasteiger partial charge in [0.25, 0.3) is 0 Å². The summed E-state index contributed by atoms with van der Waals surface area (Å²) in [5.74, 6) is -0.939. The van der Waals surface area contributed by atoms with Gasteiger partial charge in [0.1, 0.15) is 11.5 Å². The van der Waals surface area contributed by atoms with Crippen molar-refractivity contribution in [1.82, 2.24) is 5.32 Å². The van der Waals surface area contributed by atoms with Crippen LogP contribution in [-0.4, -0.2) is 30.9 Å². The molecule has 1 amide bonds. The SMILES string of the molecule is COCC1CCCC2(C1)NC(=O)C(c1cc(-c3ccc(Cl)cc3)ccc1Cl)C2=O. The van der Waals surface area contributed by atoms with Gasteiger partial charge >= 0.3 is 0 Å². The third-order valence-electron chi connectivity index (χ3n) is 6.10. The van der Waals surface area contributed by atoms with Crippen LogP contribution in [0.25, 0.3) is 11.1 Å². The Bertz CT molecular complexity index is 942. The topological polar surface area (TPSA) is 55.4 Å². The second-order valence-electron chi connectivity index (χ2n) is 8.03. The van der Waals surface area contributed by atoms with Crippen LogP contribution in [0.5, 0.6) is 0 Å². The average Bonchev–Trinajstić information content (AvgIpc) is 2.93. The minimum atomic E-state index is -0.879. The molecule has 1 heterocycles. The van der Waals surface area contributed by atoms with Crippen molar-refractivity contribution in [3.63, 3.8) is 0 Å². The Balaban J connectivity index is 1.68. The fraction of sp³-hybridized carbons (Fsp3) is 0.391. The van der Waals surface area contributed by atoms with Gasteiger partial charge < -0.3 is 10.1 Å². The molecule has 0 radical (unpaired) electrons. The summed E-state index contributed by atoms with van der Waals surface area (Å²) in [6.07, 6.45) is 3.20. The third-order valence-corrected chi connectivity index (χ3v) is 6.69. The van der Waals surface area contributed by atoms with Gasteiger partial charge in [0.15, 0.2) is 5.78 Å². The van der Waals surface area contributed by atoms with Gasteiger partial charge in [-0.15, -0.1) is 0 Å². The molecule has 3 unspecified atom stereocenters. The van der Waals surface area contributed by atoms with E-state index in [9.17, 15) is 9.59 Å². The van der Waals surface area contributed by atoms with E-state index in [-0.39, 0.29) is 17.6 Å². The zero-order valence-electron chi connectivity index (χ0n) is 16.2. The summed E-state index contributed by atoms with van der Waals surface area (Å²) >= 11 is 12.4. The highest BCUT2D eigenvalue weighted by atomic mass is 35.5. The molecule has 2 aliphatic rings. The van der Waals surface area contributed by atoms with E-state index in [0.29, 0.717) is 35.1 Å². The number of methoxy groups -OCH3 is 1. The normalized spacial score (nSPS) is 26.7. The third kappa shape index (κ3) is 3.81. The maximum Gasteiger partial charge on any atom is 0.236 e. The number of benzene rings is 2. The van der Waals surface area contributed by atoms with Crippen LogP contribution in [0.15, 0.2) is 42.5 Å². The Morgan fingerprint density at radius 1 is 1.10 bits per heavy atom. The van der Waals surface area contributed by atoms with Crippen LogP contribution in [0.4, 0.5) is 0 Å². The fourth-order valence-electron chi connectivity index (χ4n) is 4.74. The van der Waals surface area contributed by atoms with Crippen molar-refractivity contribution in [3.05, 3.63) is 58.1 Å². The van der Waals surface area contributed by atoms with Crippen LogP contribution in [0, 0.1) is 5.92 Å². The summed E-state index contributed by atoms with van der Waals surface area (Å²) in [7, 11) is 1.67. The molecule has 1 saturated heterocycles. The molecule has 1 aliphatic heterocycles. The van der Waals surface area contributed by atoms with E-state index in [1.165, 1.54) is 0 Å². The lowest BCUT2D eigenvalue weighted by Gasteiger charge is -2.36. The van der Waals surface area contributed by atoms with Gasteiger partial charge in [-0.1, -0.05) is 47.8 Å². The summed E-state index contributed by atoms with van der Waals surface area (Å²) in [4.78, 5) is 26.4. The number of ether oxygens (including phenoxy) is 1. The number of amides is 1. The predicted molar refractivity (Wildman–Crippen MR) is 114 cm³/mol. The minimum absolute atomic E-state index is 0.0709. The number of nitrogens with one attached hydrogen (secondary N) is 1. The summed E-state index contributed by atoms with van der Waals surface area (Å²) in [5.41, 5.74) is 1.60. The Kier molecular flexibility index (Phi) is 5.69. The highest BCUT2D eigenvalue weighted by molar-refractivity contribution is 6.33. The van der Waals surface area contributed by atoms with Gasteiger partial charge in [0, 0.05) is 23.8 Å². The van der Waals surface area contributed by atoms with Crippen molar-refractivity contribution in [3.8, 4) is 11.1 Å². The maximum atomic E-state index is 13.5. The summed E-state index contributed by atoms with van der Waals surface area (Å²) in [6.45, 7) is 0.600. The molecule has 4 nitrogen and oxygen atoms in total. The summed E-state index contributed by atoms with van der Waals surface area (Å²) in [6, 6.07) is 12.9. The molecule has 4 rings (SSSR count). The zero-order valence-corrected chi connectivity index (χ0v) is 17.7. The number of ketones is 1. The lowest BCUT2D eigenvalue weighted by Crippen LogP contribution is -2.50. The number of hydrogen-bond donors (Lipinski definition) is 1. The van der Waals surface area contributed by atoms with E-state index < -0.39 is 11.5 Å². The van der Waals surface area contributed by atoms with Crippen molar-refractivity contribution < 1.29 is 14.3 Å². The number of Topliss-reactive ketones (excluding diaryl/α,β-unsaturated/α-hetero) is 1. The van der Waals surface area contributed by atoms with Crippen LogP contribution in [-0.2, 0) is 14.3 Å². The van der Waals surface area contributed by atoms with Gasteiger partial charge in [-0.3, -0.25) is 9.59 Å². The first-order valence-electron chi connectivity index (χ1n) is 9.84. The quantitative estimate of drug-likeness (QED) is 0.691. The highest BCUT2D eigenvalue weighted by Gasteiger charge is 2.54. The standard InChI is InChI=1S/C23H23Cl2NO3/c1-29-13-14-3-2-10-23(12-14)21(27)20(22(28)26-23)18-11-16(6-9-19(18)25)15-4-7-17(24)8-5-15/h4-9,11,14,20H,2-3,10,12-13H2,1H3,(H,26,28). The largest absolute Gasteiger partial charge is 0.384 e. The summed E-state index contributed by atoms with van der Waals surface area (Å²) in [5, 5.41) is 4.11. The molecule has 29 heavy (non-hydrogen) atoms. The maximum absolute atomic E-state index is 13.5. The first-order chi connectivity index (χ1) is 13.9. The van der Waals surface area contributed by atoms with Crippen molar-refractivity contribution in [2.45, 2.75) is 37.1 Å². The number of halogens is 2. The second kappa shape index (κ2) is 8.10. The molecule has 2 fully saturated rings. The lowest BCUT2D eigenvalue weighted by atomic mass is 9.72. The molecule has 152 valence electrons. The van der Waals surface area contributed by atoms with Crippen LogP contribution in [0.1, 0.15) is 37.2 Å². The van der Waals surface area contributed by atoms with Gasteiger partial charge in [-0.05, 0) is 66.1 Å². The molecule has 1 aliphatic carbocycles. The zero-order chi connectivity index (χ0) is 20.6. The number of carbonyl (C=O) groups is 2. The monoisotopic (exact) mass is 431 g/mol. The van der Waals surface area contributed by atoms with E-state index >= 15 is 0 Å². The molecule has 6 heteroatoms. The molecule has 2 aromatic carbocycles. The number of carbonyl (C=O) groups excluding carboxylic acids is 2. The molecule has 2 aromatic rings. The lowest BCUT2D eigenvalue weighted by molar-refractivity contribution is -0.126. The minimum Gasteiger partial charge on any atom is -0.384 e. The molecule has 0 bridgehead atoms. The van der Waals surface area contributed by atoms with Crippen molar-refractivity contribution in [2.75, 3.05) is 13.7 Å². The number of rotatable bonds is 4. The first kappa shape index (κ1) is 20.4. The molecule has 3 atom stereocenters. The average molecular weight is 432 g/mol. The van der Waals surface area contributed by atoms with E-state index in [2.05, 4.69) is 5.32 Å². The van der Waals surface area contributed by atoms with E-state index in [1.807, 2.05) is 36.4 Å². The molecular formula is C23H23Cl2NO3. The molecule has 1 spiro atoms. The Morgan fingerprint density at radius 3 is 2.55 bits per heavy atom. The highest BCUT2D eigenvalue weighted by Crippen LogP contribution is 2.43. The fourth-order valence-corrected chi connectivity index (χ4v) is 5.09. The van der Waals surface area contributed by atoms with E-state index in [4.69, 9.17) is 27.9 Å². The van der Waals surface area contributed by atoms with Crippen molar-refractivity contribution in [1.29, 1.82) is 0 Å².